The fourth-order valence-electron chi connectivity index (χ4n) is 3.37. The first-order valence-electron chi connectivity index (χ1n) is 9.53. The van der Waals surface area contributed by atoms with Gasteiger partial charge in [-0.05, 0) is 37.3 Å². The predicted molar refractivity (Wildman–Crippen MR) is 107 cm³/mol. The maximum absolute atomic E-state index is 12.3. The van der Waals surface area contributed by atoms with Crippen molar-refractivity contribution in [3.05, 3.63) is 35.7 Å². The van der Waals surface area contributed by atoms with Gasteiger partial charge in [-0.3, -0.25) is 4.79 Å². The Hall–Kier alpha value is -2.02. The van der Waals surface area contributed by atoms with Gasteiger partial charge < -0.3 is 14.6 Å². The molecule has 0 bridgehead atoms. The zero-order valence-electron chi connectivity index (χ0n) is 16.3. The summed E-state index contributed by atoms with van der Waals surface area (Å²) in [6.07, 6.45) is 4.76. The molecule has 0 spiro atoms. The van der Waals surface area contributed by atoms with Gasteiger partial charge in [-0.15, -0.1) is 10.2 Å². The number of hydrogen-bond acceptors (Lipinski definition) is 5. The molecule has 27 heavy (non-hydrogen) atoms. The minimum Gasteiger partial charge on any atom is -0.485 e. The number of nitrogens with zero attached hydrogens (tertiary/aromatic N) is 3. The number of carbonyl (C=O) groups excluding carboxylic acids is 1. The van der Waals surface area contributed by atoms with Crippen LogP contribution in [0.15, 0.2) is 29.4 Å². The quantitative estimate of drug-likeness (QED) is 0.736. The topological polar surface area (TPSA) is 69.0 Å². The zero-order valence-corrected chi connectivity index (χ0v) is 17.1. The molecule has 7 heteroatoms. The van der Waals surface area contributed by atoms with Crippen LogP contribution in [0.3, 0.4) is 0 Å². The first kappa shape index (κ1) is 19.7. The highest BCUT2D eigenvalue weighted by Crippen LogP contribution is 2.24. The van der Waals surface area contributed by atoms with E-state index in [-0.39, 0.29) is 5.91 Å². The van der Waals surface area contributed by atoms with Gasteiger partial charge in [0.15, 0.2) is 11.0 Å². The molecule has 0 saturated heterocycles. The molecule has 3 rings (SSSR count). The van der Waals surface area contributed by atoms with E-state index in [4.69, 9.17) is 4.74 Å². The highest BCUT2D eigenvalue weighted by atomic mass is 32.2. The van der Waals surface area contributed by atoms with Gasteiger partial charge in [0, 0.05) is 13.1 Å². The van der Waals surface area contributed by atoms with Gasteiger partial charge in [0.25, 0.3) is 0 Å². The Morgan fingerprint density at radius 1 is 1.30 bits per heavy atom. The molecule has 1 N–H and O–H groups in total. The average molecular weight is 389 g/mol. The molecule has 0 aliphatic heterocycles. The van der Waals surface area contributed by atoms with Gasteiger partial charge in [0.2, 0.25) is 5.91 Å². The third-order valence-electron chi connectivity index (χ3n) is 5.17. The average Bonchev–Trinajstić information content (AvgIpc) is 3.01. The van der Waals surface area contributed by atoms with Crippen LogP contribution in [0.25, 0.3) is 0 Å². The van der Waals surface area contributed by atoms with Crippen molar-refractivity contribution in [1.29, 1.82) is 0 Å². The maximum Gasteiger partial charge on any atom is 0.230 e. The third kappa shape index (κ3) is 5.25. The molecule has 2 aromatic rings. The Morgan fingerprint density at radius 3 is 2.85 bits per heavy atom. The molecule has 1 aromatic heterocycles. The fourth-order valence-corrected chi connectivity index (χ4v) is 4.11. The van der Waals surface area contributed by atoms with Crippen molar-refractivity contribution >= 4 is 17.7 Å². The number of hydrogen-bond donors (Lipinski definition) is 1. The summed E-state index contributed by atoms with van der Waals surface area (Å²) < 4.78 is 7.73. The van der Waals surface area contributed by atoms with Crippen molar-refractivity contribution in [2.75, 3.05) is 5.75 Å². The van der Waals surface area contributed by atoms with Gasteiger partial charge in [-0.2, -0.15) is 0 Å². The molecule has 1 heterocycles. The minimum atomic E-state index is 0.0689. The number of amides is 1. The number of para-hydroxylation sites is 1. The Labute approximate surface area is 165 Å². The molecular weight excluding hydrogens is 360 g/mol. The van der Waals surface area contributed by atoms with E-state index < -0.39 is 0 Å². The molecule has 6 nitrogen and oxygen atoms in total. The van der Waals surface area contributed by atoms with E-state index in [0.717, 1.165) is 28.7 Å². The Morgan fingerprint density at radius 2 is 2.07 bits per heavy atom. The van der Waals surface area contributed by atoms with Gasteiger partial charge in [0.1, 0.15) is 12.4 Å². The lowest BCUT2D eigenvalue weighted by molar-refractivity contribution is -0.119. The molecule has 1 amide bonds. The molecule has 1 fully saturated rings. The van der Waals surface area contributed by atoms with E-state index in [9.17, 15) is 4.79 Å². The highest BCUT2D eigenvalue weighted by Gasteiger charge is 2.23. The standard InChI is InChI=1S/C20H28N4O2S/c1-14-8-4-6-10-16(14)21-19(25)13-27-20-23-22-18(24(20)3)12-26-17-11-7-5-9-15(17)2/h5,7,9,11,14,16H,4,6,8,10,12-13H2,1-3H3,(H,21,25)/t14-,16-/m0/s1. The molecule has 1 aliphatic rings. The molecule has 1 aliphatic carbocycles. The van der Waals surface area contributed by atoms with E-state index in [1.54, 1.807) is 0 Å². The number of ether oxygens (including phenoxy) is 1. The number of rotatable bonds is 7. The van der Waals surface area contributed by atoms with Crippen molar-refractivity contribution in [1.82, 2.24) is 20.1 Å². The summed E-state index contributed by atoms with van der Waals surface area (Å²) >= 11 is 1.41. The third-order valence-corrected chi connectivity index (χ3v) is 6.19. The second-order valence-corrected chi connectivity index (χ2v) is 8.18. The summed E-state index contributed by atoms with van der Waals surface area (Å²) in [7, 11) is 1.90. The van der Waals surface area contributed by atoms with Gasteiger partial charge >= 0.3 is 0 Å². The number of carbonyl (C=O) groups is 1. The minimum absolute atomic E-state index is 0.0689. The van der Waals surface area contributed by atoms with Crippen LogP contribution in [0.2, 0.25) is 0 Å². The molecule has 0 radical (unpaired) electrons. The number of aromatic nitrogens is 3. The second-order valence-electron chi connectivity index (χ2n) is 7.24. The van der Waals surface area contributed by atoms with Crippen LogP contribution in [0.1, 0.15) is 44.0 Å². The summed E-state index contributed by atoms with van der Waals surface area (Å²) in [5.74, 6) is 2.57. The van der Waals surface area contributed by atoms with Crippen LogP contribution in [-0.2, 0) is 18.4 Å². The van der Waals surface area contributed by atoms with Crippen molar-refractivity contribution in [3.8, 4) is 5.75 Å². The summed E-state index contributed by atoms with van der Waals surface area (Å²) in [4.78, 5) is 12.3. The molecule has 2 atom stereocenters. The number of aryl methyl sites for hydroxylation is 1. The van der Waals surface area contributed by atoms with Crippen molar-refractivity contribution in [2.45, 2.75) is 57.3 Å². The normalized spacial score (nSPS) is 19.7. The van der Waals surface area contributed by atoms with E-state index in [1.807, 2.05) is 42.8 Å². The van der Waals surface area contributed by atoms with Crippen LogP contribution in [0, 0.1) is 12.8 Å². The van der Waals surface area contributed by atoms with E-state index >= 15 is 0 Å². The largest absolute Gasteiger partial charge is 0.485 e. The van der Waals surface area contributed by atoms with Gasteiger partial charge in [-0.1, -0.05) is 49.7 Å². The van der Waals surface area contributed by atoms with Crippen LogP contribution >= 0.6 is 11.8 Å². The van der Waals surface area contributed by atoms with Gasteiger partial charge in [0.05, 0.1) is 5.75 Å². The summed E-state index contributed by atoms with van der Waals surface area (Å²) in [5, 5.41) is 12.3. The SMILES string of the molecule is Cc1ccccc1OCc1nnc(SCC(=O)N[C@H]2CCCC[C@@H]2C)n1C. The van der Waals surface area contributed by atoms with Crippen molar-refractivity contribution in [3.63, 3.8) is 0 Å². The predicted octanol–water partition coefficient (Wildman–Crippen LogP) is 3.49. The Kier molecular flexibility index (Phi) is 6.77. The Balaban J connectivity index is 1.49. The summed E-state index contributed by atoms with van der Waals surface area (Å²) in [6, 6.07) is 8.20. The summed E-state index contributed by atoms with van der Waals surface area (Å²) in [6.45, 7) is 4.58. The lowest BCUT2D eigenvalue weighted by Crippen LogP contribution is -2.41. The van der Waals surface area contributed by atoms with Crippen molar-refractivity contribution in [2.24, 2.45) is 13.0 Å². The van der Waals surface area contributed by atoms with E-state index in [2.05, 4.69) is 22.4 Å². The second kappa shape index (κ2) is 9.26. The first-order chi connectivity index (χ1) is 13.0. The zero-order chi connectivity index (χ0) is 19.2. The molecule has 1 aromatic carbocycles. The fraction of sp³-hybridized carbons (Fsp3) is 0.550. The first-order valence-corrected chi connectivity index (χ1v) is 10.5. The molecule has 0 unspecified atom stereocenters. The van der Waals surface area contributed by atoms with Crippen LogP contribution in [0.5, 0.6) is 5.75 Å². The molecule has 1 saturated carbocycles. The summed E-state index contributed by atoms with van der Waals surface area (Å²) in [5.41, 5.74) is 1.09. The smallest absolute Gasteiger partial charge is 0.230 e. The maximum atomic E-state index is 12.3. The lowest BCUT2D eigenvalue weighted by atomic mass is 9.86. The monoisotopic (exact) mass is 388 g/mol. The molecular formula is C20H28N4O2S. The Bertz CT molecular complexity index is 777. The van der Waals surface area contributed by atoms with E-state index in [1.165, 1.54) is 31.0 Å². The lowest BCUT2D eigenvalue weighted by Gasteiger charge is -2.29. The highest BCUT2D eigenvalue weighted by molar-refractivity contribution is 7.99. The van der Waals surface area contributed by atoms with Crippen molar-refractivity contribution < 1.29 is 9.53 Å². The number of benzene rings is 1. The van der Waals surface area contributed by atoms with Crippen LogP contribution in [-0.4, -0.2) is 32.5 Å². The molecule has 146 valence electrons. The van der Waals surface area contributed by atoms with Crippen LogP contribution < -0.4 is 10.1 Å². The number of thioether (sulfide) groups is 1. The van der Waals surface area contributed by atoms with Gasteiger partial charge in [-0.25, -0.2) is 0 Å². The van der Waals surface area contributed by atoms with E-state index in [0.29, 0.717) is 24.3 Å². The van der Waals surface area contributed by atoms with Crippen LogP contribution in [0.4, 0.5) is 0 Å². The number of nitrogens with one attached hydrogen (secondary N) is 1.